The summed E-state index contributed by atoms with van der Waals surface area (Å²) in [7, 11) is 0. The molecule has 2 aliphatic heterocycles. The Kier molecular flexibility index (Phi) is 7.19. The normalized spacial score (nSPS) is 23.2. The Balaban J connectivity index is 0.00000225. The molecule has 0 radical (unpaired) electrons. The van der Waals surface area contributed by atoms with Gasteiger partial charge in [-0.25, -0.2) is 4.98 Å². The lowest BCUT2D eigenvalue weighted by molar-refractivity contribution is -0.144. The van der Waals surface area contributed by atoms with E-state index in [1.165, 1.54) is 6.33 Å². The van der Waals surface area contributed by atoms with Crippen LogP contribution in [-0.4, -0.2) is 68.6 Å². The standard InChI is InChI=1S/C16H26N6O2.ClH/c17-6-9-22-14-5-8-20(10-13(14)3-4-16(22)24)15(23)2-1-7-21-12-18-11-19-21;/h11-14H,1-10,17H2;1H/t13-,14+;/m0./s1. The number of hydrogen-bond acceptors (Lipinski definition) is 5. The molecule has 3 heterocycles. The molecular formula is C16H27ClN6O2. The number of nitrogens with zero attached hydrogens (tertiary/aromatic N) is 5. The van der Waals surface area contributed by atoms with Gasteiger partial charge < -0.3 is 15.5 Å². The maximum atomic E-state index is 12.5. The summed E-state index contributed by atoms with van der Waals surface area (Å²) in [6.07, 6.45) is 6.80. The van der Waals surface area contributed by atoms with Crippen molar-refractivity contribution < 1.29 is 9.59 Å². The summed E-state index contributed by atoms with van der Waals surface area (Å²) in [5.74, 6) is 0.812. The number of hydrogen-bond donors (Lipinski definition) is 1. The van der Waals surface area contributed by atoms with Crippen LogP contribution in [0.4, 0.5) is 0 Å². The number of carbonyl (C=O) groups is 2. The molecule has 0 spiro atoms. The second-order valence-electron chi connectivity index (χ2n) is 6.63. The number of likely N-dealkylation sites (tertiary alicyclic amines) is 2. The van der Waals surface area contributed by atoms with Gasteiger partial charge in [-0.15, -0.1) is 12.4 Å². The summed E-state index contributed by atoms with van der Waals surface area (Å²) >= 11 is 0. The smallest absolute Gasteiger partial charge is 0.222 e. The van der Waals surface area contributed by atoms with Crippen LogP contribution < -0.4 is 5.73 Å². The van der Waals surface area contributed by atoms with E-state index in [9.17, 15) is 9.59 Å². The predicted molar refractivity (Wildman–Crippen MR) is 95.0 cm³/mol. The minimum atomic E-state index is 0. The third kappa shape index (κ3) is 4.70. The van der Waals surface area contributed by atoms with Crippen molar-refractivity contribution in [3.8, 4) is 0 Å². The molecule has 25 heavy (non-hydrogen) atoms. The lowest BCUT2D eigenvalue weighted by atomic mass is 9.83. The molecule has 8 nitrogen and oxygen atoms in total. The molecule has 2 N–H and O–H groups in total. The van der Waals surface area contributed by atoms with Gasteiger partial charge in [-0.1, -0.05) is 0 Å². The molecule has 2 atom stereocenters. The number of rotatable bonds is 6. The van der Waals surface area contributed by atoms with Gasteiger partial charge in [0.15, 0.2) is 0 Å². The van der Waals surface area contributed by atoms with Gasteiger partial charge in [0.1, 0.15) is 12.7 Å². The first-order chi connectivity index (χ1) is 11.7. The number of piperidine rings is 2. The topological polar surface area (TPSA) is 97.3 Å². The van der Waals surface area contributed by atoms with E-state index in [1.807, 2.05) is 9.80 Å². The van der Waals surface area contributed by atoms with Gasteiger partial charge in [0.25, 0.3) is 0 Å². The first-order valence-electron chi connectivity index (χ1n) is 8.78. The molecule has 2 aliphatic rings. The van der Waals surface area contributed by atoms with Gasteiger partial charge in [0, 0.05) is 51.6 Å². The highest BCUT2D eigenvalue weighted by atomic mass is 35.5. The molecule has 140 valence electrons. The van der Waals surface area contributed by atoms with Crippen molar-refractivity contribution >= 4 is 24.2 Å². The highest BCUT2D eigenvalue weighted by Crippen LogP contribution is 2.31. The third-order valence-electron chi connectivity index (χ3n) is 5.11. The van der Waals surface area contributed by atoms with Gasteiger partial charge in [0.05, 0.1) is 0 Å². The summed E-state index contributed by atoms with van der Waals surface area (Å²) in [6, 6.07) is 0.258. The number of aryl methyl sites for hydroxylation is 1. The molecule has 0 aliphatic carbocycles. The largest absolute Gasteiger partial charge is 0.342 e. The molecule has 1 aromatic heterocycles. The Morgan fingerprint density at radius 3 is 2.88 bits per heavy atom. The Morgan fingerprint density at radius 1 is 1.32 bits per heavy atom. The van der Waals surface area contributed by atoms with E-state index in [-0.39, 0.29) is 30.3 Å². The molecule has 0 unspecified atom stereocenters. The molecule has 2 fully saturated rings. The van der Waals surface area contributed by atoms with E-state index in [2.05, 4.69) is 10.1 Å². The second-order valence-corrected chi connectivity index (χ2v) is 6.63. The molecule has 1 aromatic rings. The SMILES string of the molecule is Cl.NCCN1C(=O)CC[C@H]2CN(C(=O)CCCn3cncn3)CC[C@H]21. The number of nitrogens with two attached hydrogens (primary N) is 1. The minimum absolute atomic E-state index is 0. The van der Waals surface area contributed by atoms with Crippen LogP contribution in [0.15, 0.2) is 12.7 Å². The fourth-order valence-electron chi connectivity index (χ4n) is 3.91. The molecular weight excluding hydrogens is 344 g/mol. The summed E-state index contributed by atoms with van der Waals surface area (Å²) in [5.41, 5.74) is 5.64. The van der Waals surface area contributed by atoms with Crippen LogP contribution in [0.3, 0.4) is 0 Å². The fourth-order valence-corrected chi connectivity index (χ4v) is 3.91. The van der Waals surface area contributed by atoms with Crippen LogP contribution in [0, 0.1) is 5.92 Å². The van der Waals surface area contributed by atoms with E-state index in [4.69, 9.17) is 5.73 Å². The number of carbonyl (C=O) groups excluding carboxylic acids is 2. The van der Waals surface area contributed by atoms with E-state index in [1.54, 1.807) is 11.0 Å². The summed E-state index contributed by atoms with van der Waals surface area (Å²) in [6.45, 7) is 3.34. The van der Waals surface area contributed by atoms with Gasteiger partial charge in [-0.05, 0) is 25.2 Å². The number of fused-ring (bicyclic) bond motifs is 1. The zero-order valence-electron chi connectivity index (χ0n) is 14.4. The lowest BCUT2D eigenvalue weighted by Gasteiger charge is -2.47. The van der Waals surface area contributed by atoms with Crippen molar-refractivity contribution in [1.29, 1.82) is 0 Å². The average molecular weight is 371 g/mol. The van der Waals surface area contributed by atoms with E-state index < -0.39 is 0 Å². The highest BCUT2D eigenvalue weighted by molar-refractivity contribution is 5.85. The zero-order valence-corrected chi connectivity index (χ0v) is 15.2. The fraction of sp³-hybridized carbons (Fsp3) is 0.750. The van der Waals surface area contributed by atoms with Crippen molar-refractivity contribution in [2.24, 2.45) is 11.7 Å². The molecule has 0 bridgehead atoms. The van der Waals surface area contributed by atoms with E-state index in [0.29, 0.717) is 38.4 Å². The molecule has 9 heteroatoms. The van der Waals surface area contributed by atoms with Crippen molar-refractivity contribution in [2.45, 2.75) is 44.7 Å². The molecule has 0 aromatic carbocycles. The third-order valence-corrected chi connectivity index (χ3v) is 5.11. The van der Waals surface area contributed by atoms with Crippen molar-refractivity contribution in [3.05, 3.63) is 12.7 Å². The summed E-state index contributed by atoms with van der Waals surface area (Å²) in [5, 5.41) is 4.05. The van der Waals surface area contributed by atoms with E-state index >= 15 is 0 Å². The first-order valence-corrected chi connectivity index (χ1v) is 8.78. The van der Waals surface area contributed by atoms with Gasteiger partial charge in [0.2, 0.25) is 11.8 Å². The average Bonchev–Trinajstić information content (AvgIpc) is 3.10. The minimum Gasteiger partial charge on any atom is -0.342 e. The number of halogens is 1. The molecule has 2 saturated heterocycles. The van der Waals surface area contributed by atoms with E-state index in [0.717, 1.165) is 32.4 Å². The van der Waals surface area contributed by atoms with Crippen molar-refractivity contribution in [1.82, 2.24) is 24.6 Å². The van der Waals surface area contributed by atoms with Crippen molar-refractivity contribution in [2.75, 3.05) is 26.2 Å². The Morgan fingerprint density at radius 2 is 2.16 bits per heavy atom. The Hall–Kier alpha value is -1.67. The molecule has 3 rings (SSSR count). The first kappa shape index (κ1) is 19.7. The summed E-state index contributed by atoms with van der Waals surface area (Å²) < 4.78 is 1.75. The number of aromatic nitrogens is 3. The van der Waals surface area contributed by atoms with Crippen LogP contribution in [0.5, 0.6) is 0 Å². The highest BCUT2D eigenvalue weighted by Gasteiger charge is 2.39. The quantitative estimate of drug-likeness (QED) is 0.775. The lowest BCUT2D eigenvalue weighted by Crippen LogP contribution is -2.57. The van der Waals surface area contributed by atoms with Gasteiger partial charge in [-0.3, -0.25) is 14.3 Å². The molecule has 2 amide bonds. The second kappa shape index (κ2) is 9.15. The van der Waals surface area contributed by atoms with Gasteiger partial charge >= 0.3 is 0 Å². The van der Waals surface area contributed by atoms with Crippen molar-refractivity contribution in [3.63, 3.8) is 0 Å². The number of amides is 2. The maximum Gasteiger partial charge on any atom is 0.222 e. The zero-order chi connectivity index (χ0) is 16.9. The Bertz CT molecular complexity index is 567. The van der Waals surface area contributed by atoms with Crippen LogP contribution in [0.1, 0.15) is 32.1 Å². The van der Waals surface area contributed by atoms with Crippen LogP contribution in [0.25, 0.3) is 0 Å². The van der Waals surface area contributed by atoms with Crippen LogP contribution >= 0.6 is 12.4 Å². The monoisotopic (exact) mass is 370 g/mol. The summed E-state index contributed by atoms with van der Waals surface area (Å²) in [4.78, 5) is 32.4. The van der Waals surface area contributed by atoms with Crippen LogP contribution in [0.2, 0.25) is 0 Å². The van der Waals surface area contributed by atoms with Gasteiger partial charge in [-0.2, -0.15) is 5.10 Å². The predicted octanol–water partition coefficient (Wildman–Crippen LogP) is 0.278. The Labute approximate surface area is 154 Å². The van der Waals surface area contributed by atoms with Crippen LogP contribution in [-0.2, 0) is 16.1 Å². The maximum absolute atomic E-state index is 12.5. The molecule has 0 saturated carbocycles.